The van der Waals surface area contributed by atoms with E-state index in [1.165, 1.54) is 23.6 Å². The van der Waals surface area contributed by atoms with Crippen molar-refractivity contribution in [3.8, 4) is 10.6 Å². The van der Waals surface area contributed by atoms with Gasteiger partial charge in [0.1, 0.15) is 22.2 Å². The van der Waals surface area contributed by atoms with Crippen molar-refractivity contribution in [3.05, 3.63) is 53.2 Å². The molecule has 2 heterocycles. The third-order valence-electron chi connectivity index (χ3n) is 3.90. The average molecular weight is 453 g/mol. The number of nitrogens with two attached hydrogens (primary N) is 1. The van der Waals surface area contributed by atoms with Gasteiger partial charge in [0.25, 0.3) is 5.91 Å². The quantitative estimate of drug-likeness (QED) is 0.503. The molecular weight excluding hydrogens is 436 g/mol. The van der Waals surface area contributed by atoms with Crippen molar-refractivity contribution in [2.75, 3.05) is 21.5 Å². The van der Waals surface area contributed by atoms with E-state index in [0.29, 0.717) is 17.0 Å². The summed E-state index contributed by atoms with van der Waals surface area (Å²) in [6.07, 6.45) is 3.10. The largest absolute Gasteiger partial charge is 0.383 e. The summed E-state index contributed by atoms with van der Waals surface area (Å²) in [6, 6.07) is 3.20. The minimum Gasteiger partial charge on any atom is -0.383 e. The molecule has 0 fully saturated rings. The number of anilines is 3. The minimum absolute atomic E-state index is 0.134. The molecule has 30 heavy (non-hydrogen) atoms. The van der Waals surface area contributed by atoms with Gasteiger partial charge in [-0.3, -0.25) is 9.52 Å². The van der Waals surface area contributed by atoms with Gasteiger partial charge in [0.2, 0.25) is 10.0 Å². The highest BCUT2D eigenvalue weighted by molar-refractivity contribution is 7.92. The maximum atomic E-state index is 14.8. The molecule has 0 saturated heterocycles. The molecule has 0 atom stereocenters. The van der Waals surface area contributed by atoms with Crippen molar-refractivity contribution in [1.29, 1.82) is 0 Å². The minimum atomic E-state index is -3.83. The number of amides is 1. The number of aromatic nitrogens is 2. The van der Waals surface area contributed by atoms with E-state index in [1.54, 1.807) is 18.5 Å². The van der Waals surface area contributed by atoms with Gasteiger partial charge in [-0.1, -0.05) is 6.92 Å². The number of sulfonamides is 1. The van der Waals surface area contributed by atoms with E-state index in [9.17, 15) is 22.0 Å². The zero-order chi connectivity index (χ0) is 21.9. The number of carbonyl (C=O) groups excluding carboxylic acids is 1. The molecular formula is C18H17F2N5O3S2. The van der Waals surface area contributed by atoms with Crippen molar-refractivity contribution in [2.45, 2.75) is 13.3 Å². The lowest BCUT2D eigenvalue weighted by Gasteiger charge is -2.12. The zero-order valence-electron chi connectivity index (χ0n) is 15.6. The molecule has 1 aromatic carbocycles. The molecule has 4 N–H and O–H groups in total. The van der Waals surface area contributed by atoms with E-state index in [-0.39, 0.29) is 17.3 Å². The Morgan fingerprint density at radius 1 is 1.27 bits per heavy atom. The molecule has 3 rings (SSSR count). The Labute approximate surface area is 175 Å². The fourth-order valence-corrected chi connectivity index (χ4v) is 4.39. The molecule has 1 amide bonds. The molecule has 0 aliphatic carbocycles. The van der Waals surface area contributed by atoms with Crippen molar-refractivity contribution >= 4 is 44.5 Å². The Morgan fingerprint density at radius 3 is 2.70 bits per heavy atom. The Kier molecular flexibility index (Phi) is 6.27. The van der Waals surface area contributed by atoms with Crippen LogP contribution in [0.4, 0.5) is 26.0 Å². The molecule has 12 heteroatoms. The van der Waals surface area contributed by atoms with Crippen LogP contribution in [0.3, 0.4) is 0 Å². The first-order valence-corrected chi connectivity index (χ1v) is 11.2. The SMILES string of the molecule is CCCS(=O)(=O)Nc1ccc(F)c(C(=O)Nc2cnc(N)c(-c3nccs3)c2)c1F. The first kappa shape index (κ1) is 21.6. The molecule has 3 aromatic rings. The third kappa shape index (κ3) is 4.71. The number of nitrogen functional groups attached to an aromatic ring is 1. The maximum absolute atomic E-state index is 14.8. The lowest BCUT2D eigenvalue weighted by atomic mass is 10.1. The standard InChI is InChI=1S/C18H17F2N5O3S2/c1-2-7-30(27,28)25-13-4-3-12(19)14(15(13)20)17(26)24-10-8-11(16(21)23-9-10)18-22-5-6-29-18/h3-6,8-9,25H,2,7H2,1H3,(H2,21,23)(H,24,26). The van der Waals surface area contributed by atoms with Gasteiger partial charge in [0, 0.05) is 11.6 Å². The van der Waals surface area contributed by atoms with Gasteiger partial charge in [-0.15, -0.1) is 11.3 Å². The maximum Gasteiger partial charge on any atom is 0.261 e. The predicted octanol–water partition coefficient (Wildman–Crippen LogP) is 3.47. The van der Waals surface area contributed by atoms with Crippen LogP contribution in [-0.2, 0) is 10.0 Å². The highest BCUT2D eigenvalue weighted by atomic mass is 32.2. The van der Waals surface area contributed by atoms with Gasteiger partial charge in [-0.25, -0.2) is 27.2 Å². The summed E-state index contributed by atoms with van der Waals surface area (Å²) in [5.74, 6) is -3.66. The van der Waals surface area contributed by atoms with Gasteiger partial charge in [-0.05, 0) is 24.6 Å². The van der Waals surface area contributed by atoms with Crippen LogP contribution < -0.4 is 15.8 Å². The van der Waals surface area contributed by atoms with Gasteiger partial charge < -0.3 is 11.1 Å². The molecule has 0 spiro atoms. The van der Waals surface area contributed by atoms with Crippen LogP contribution in [-0.4, -0.2) is 30.0 Å². The lowest BCUT2D eigenvalue weighted by molar-refractivity contribution is 0.101. The fraction of sp³-hybridized carbons (Fsp3) is 0.167. The Bertz CT molecular complexity index is 1180. The normalized spacial score (nSPS) is 11.3. The number of carbonyl (C=O) groups is 1. The number of halogens is 2. The molecule has 0 saturated carbocycles. The van der Waals surface area contributed by atoms with Gasteiger partial charge >= 0.3 is 0 Å². The number of nitrogens with zero attached hydrogens (tertiary/aromatic N) is 2. The Balaban J connectivity index is 1.91. The van der Waals surface area contributed by atoms with Crippen molar-refractivity contribution in [3.63, 3.8) is 0 Å². The molecule has 0 radical (unpaired) electrons. The van der Waals surface area contributed by atoms with Crippen LogP contribution in [0, 0.1) is 11.6 Å². The fourth-order valence-electron chi connectivity index (χ4n) is 2.59. The molecule has 0 unspecified atom stereocenters. The zero-order valence-corrected chi connectivity index (χ0v) is 17.3. The Morgan fingerprint density at radius 2 is 2.03 bits per heavy atom. The number of hydrogen-bond acceptors (Lipinski definition) is 7. The van der Waals surface area contributed by atoms with E-state index in [2.05, 4.69) is 15.3 Å². The van der Waals surface area contributed by atoms with Gasteiger partial charge in [0.15, 0.2) is 5.82 Å². The first-order valence-electron chi connectivity index (χ1n) is 8.67. The van der Waals surface area contributed by atoms with Crippen LogP contribution in [0.1, 0.15) is 23.7 Å². The number of benzene rings is 1. The number of rotatable bonds is 7. The highest BCUT2D eigenvalue weighted by Gasteiger charge is 2.23. The van der Waals surface area contributed by atoms with Crippen molar-refractivity contribution < 1.29 is 22.0 Å². The highest BCUT2D eigenvalue weighted by Crippen LogP contribution is 2.29. The molecule has 158 valence electrons. The monoisotopic (exact) mass is 453 g/mol. The summed E-state index contributed by atoms with van der Waals surface area (Å²) < 4.78 is 54.8. The molecule has 8 nitrogen and oxygen atoms in total. The summed E-state index contributed by atoms with van der Waals surface area (Å²) >= 11 is 1.30. The lowest BCUT2D eigenvalue weighted by Crippen LogP contribution is -2.20. The summed E-state index contributed by atoms with van der Waals surface area (Å²) in [6.45, 7) is 1.64. The van der Waals surface area contributed by atoms with Gasteiger partial charge in [-0.2, -0.15) is 0 Å². The predicted molar refractivity (Wildman–Crippen MR) is 112 cm³/mol. The van der Waals surface area contributed by atoms with E-state index >= 15 is 0 Å². The van der Waals surface area contributed by atoms with Crippen LogP contribution in [0.5, 0.6) is 0 Å². The van der Waals surface area contributed by atoms with Crippen LogP contribution in [0.15, 0.2) is 36.0 Å². The van der Waals surface area contributed by atoms with E-state index in [1.807, 2.05) is 4.72 Å². The smallest absolute Gasteiger partial charge is 0.261 e. The number of pyridine rings is 1. The Hall–Kier alpha value is -3.12. The summed E-state index contributed by atoms with van der Waals surface area (Å²) in [5, 5.41) is 4.64. The summed E-state index contributed by atoms with van der Waals surface area (Å²) in [7, 11) is -3.83. The second-order valence-electron chi connectivity index (χ2n) is 6.15. The third-order valence-corrected chi connectivity index (χ3v) is 6.18. The van der Waals surface area contributed by atoms with E-state index in [4.69, 9.17) is 5.73 Å². The molecule has 2 aromatic heterocycles. The van der Waals surface area contributed by atoms with Gasteiger partial charge in [0.05, 0.1) is 28.9 Å². The van der Waals surface area contributed by atoms with Crippen LogP contribution in [0.2, 0.25) is 0 Å². The summed E-state index contributed by atoms with van der Waals surface area (Å²) in [4.78, 5) is 20.6. The average Bonchev–Trinajstić information content (AvgIpc) is 3.20. The van der Waals surface area contributed by atoms with E-state index in [0.717, 1.165) is 12.1 Å². The number of nitrogens with one attached hydrogen (secondary N) is 2. The first-order chi connectivity index (χ1) is 14.2. The second-order valence-corrected chi connectivity index (χ2v) is 8.89. The van der Waals surface area contributed by atoms with Crippen molar-refractivity contribution in [2.24, 2.45) is 0 Å². The van der Waals surface area contributed by atoms with Crippen LogP contribution >= 0.6 is 11.3 Å². The number of hydrogen-bond donors (Lipinski definition) is 3. The van der Waals surface area contributed by atoms with E-state index < -0.39 is 38.8 Å². The molecule has 0 aliphatic rings. The topological polar surface area (TPSA) is 127 Å². The van der Waals surface area contributed by atoms with Crippen molar-refractivity contribution in [1.82, 2.24) is 9.97 Å². The molecule has 0 aliphatic heterocycles. The molecule has 0 bridgehead atoms. The summed E-state index contributed by atoms with van der Waals surface area (Å²) in [5.41, 5.74) is 4.96. The second kappa shape index (κ2) is 8.71. The van der Waals surface area contributed by atoms with Crippen LogP contribution in [0.25, 0.3) is 10.6 Å². The number of thiazole rings is 1.